The Morgan fingerprint density at radius 2 is 2.04 bits per heavy atom. The van der Waals surface area contributed by atoms with Crippen LogP contribution in [0.5, 0.6) is 0 Å². The van der Waals surface area contributed by atoms with Crippen LogP contribution in [0, 0.1) is 0 Å². The molecule has 2 aromatic heterocycles. The fourth-order valence-electron chi connectivity index (χ4n) is 1.87. The fraction of sp³-hybridized carbons (Fsp3) is 0.125. The molecule has 0 aliphatic heterocycles. The Labute approximate surface area is 152 Å². The summed E-state index contributed by atoms with van der Waals surface area (Å²) >= 11 is 2.73. The van der Waals surface area contributed by atoms with Gasteiger partial charge in [0.05, 0.1) is 5.75 Å². The van der Waals surface area contributed by atoms with E-state index in [1.165, 1.54) is 29.6 Å². The maximum atomic E-state index is 11.3. The minimum atomic E-state index is -0.290. The molecule has 0 spiro atoms. The van der Waals surface area contributed by atoms with Gasteiger partial charge in [-0.3, -0.25) is 4.79 Å². The van der Waals surface area contributed by atoms with Gasteiger partial charge in [0.25, 0.3) is 10.8 Å². The monoisotopic (exact) mass is 373 g/mol. The molecule has 0 unspecified atom stereocenters. The van der Waals surface area contributed by atoms with Gasteiger partial charge >= 0.3 is 0 Å². The van der Waals surface area contributed by atoms with Crippen LogP contribution in [0.2, 0.25) is 0 Å². The van der Waals surface area contributed by atoms with Crippen molar-refractivity contribution in [3.63, 3.8) is 0 Å². The summed E-state index contributed by atoms with van der Waals surface area (Å²) in [4.78, 5) is 17.9. The maximum Gasteiger partial charge on any atom is 0.276 e. The molecule has 0 aliphatic carbocycles. The normalized spacial score (nSPS) is 11.2. The highest BCUT2D eigenvalue weighted by atomic mass is 32.2. The predicted molar refractivity (Wildman–Crippen MR) is 99.3 cm³/mol. The molecule has 0 amide bonds. The molecule has 0 saturated carbocycles. The second kappa shape index (κ2) is 8.54. The van der Waals surface area contributed by atoms with Crippen LogP contribution in [0.1, 0.15) is 11.5 Å². The number of nitrogens with one attached hydrogen (secondary N) is 1. The first-order valence-corrected chi connectivity index (χ1v) is 9.32. The van der Waals surface area contributed by atoms with Crippen molar-refractivity contribution in [3.8, 4) is 0 Å². The quantitative estimate of drug-likeness (QED) is 0.480. The maximum absolute atomic E-state index is 11.3. The van der Waals surface area contributed by atoms with Crippen molar-refractivity contribution >= 4 is 35.4 Å². The number of rotatable bonds is 7. The standard InChI is InChI=1S/C16H15N5O2S2/c17-12-9-13(22)19-15(18-12)25-10-14-20-21-16(23-14)24-8-4-7-11-5-2-1-3-6-11/h1-7,9H,8,10H2,(H3,17,18,19,22)/b7-4+. The third kappa shape index (κ3) is 5.50. The lowest BCUT2D eigenvalue weighted by atomic mass is 10.2. The highest BCUT2D eigenvalue weighted by Crippen LogP contribution is 2.21. The third-order valence-corrected chi connectivity index (χ3v) is 4.56. The van der Waals surface area contributed by atoms with Gasteiger partial charge in [-0.25, -0.2) is 4.98 Å². The Balaban J connectivity index is 1.49. The van der Waals surface area contributed by atoms with Gasteiger partial charge in [-0.05, 0) is 5.56 Å². The highest BCUT2D eigenvalue weighted by Gasteiger charge is 2.08. The van der Waals surface area contributed by atoms with E-state index >= 15 is 0 Å². The number of hydrogen-bond donors (Lipinski definition) is 2. The van der Waals surface area contributed by atoms with Gasteiger partial charge in [-0.15, -0.1) is 10.2 Å². The number of nitrogen functional groups attached to an aromatic ring is 1. The van der Waals surface area contributed by atoms with Crippen molar-refractivity contribution in [1.82, 2.24) is 20.2 Å². The Morgan fingerprint density at radius 3 is 2.84 bits per heavy atom. The average molecular weight is 373 g/mol. The largest absolute Gasteiger partial charge is 0.415 e. The molecular formula is C16H15N5O2S2. The molecule has 1 aromatic carbocycles. The van der Waals surface area contributed by atoms with E-state index in [9.17, 15) is 4.79 Å². The van der Waals surface area contributed by atoms with Crippen molar-refractivity contribution < 1.29 is 4.42 Å². The van der Waals surface area contributed by atoms with Crippen LogP contribution in [0.3, 0.4) is 0 Å². The predicted octanol–water partition coefficient (Wildman–Crippen LogP) is 2.83. The van der Waals surface area contributed by atoms with Gasteiger partial charge < -0.3 is 15.1 Å². The summed E-state index contributed by atoms with van der Waals surface area (Å²) in [5, 5.41) is 8.89. The van der Waals surface area contributed by atoms with Crippen molar-refractivity contribution in [2.24, 2.45) is 0 Å². The summed E-state index contributed by atoms with van der Waals surface area (Å²) in [6.45, 7) is 0. The van der Waals surface area contributed by atoms with Crippen molar-refractivity contribution in [3.05, 3.63) is 64.3 Å². The van der Waals surface area contributed by atoms with Crippen LogP contribution in [-0.4, -0.2) is 25.9 Å². The number of aromatic nitrogens is 4. The van der Waals surface area contributed by atoms with E-state index in [-0.39, 0.29) is 11.4 Å². The van der Waals surface area contributed by atoms with Crippen molar-refractivity contribution in [1.29, 1.82) is 0 Å². The Bertz CT molecular complexity index is 908. The molecule has 2 heterocycles. The molecule has 3 rings (SSSR count). The van der Waals surface area contributed by atoms with Gasteiger partial charge in [0.2, 0.25) is 5.89 Å². The van der Waals surface area contributed by atoms with Crippen LogP contribution in [0.15, 0.2) is 62.1 Å². The zero-order valence-corrected chi connectivity index (χ0v) is 14.7. The van der Waals surface area contributed by atoms with Gasteiger partial charge in [-0.2, -0.15) is 0 Å². The number of hydrogen-bond acceptors (Lipinski definition) is 8. The van der Waals surface area contributed by atoms with Gasteiger partial charge in [0.1, 0.15) is 5.82 Å². The molecule has 128 valence electrons. The molecule has 7 nitrogen and oxygen atoms in total. The molecule has 0 saturated heterocycles. The Kier molecular flexibility index (Phi) is 5.91. The van der Waals surface area contributed by atoms with E-state index in [4.69, 9.17) is 10.2 Å². The fourth-order valence-corrected chi connectivity index (χ4v) is 3.18. The van der Waals surface area contributed by atoms with Gasteiger partial charge in [0.15, 0.2) is 5.16 Å². The first-order valence-electron chi connectivity index (χ1n) is 7.35. The van der Waals surface area contributed by atoms with Crippen LogP contribution < -0.4 is 11.3 Å². The minimum Gasteiger partial charge on any atom is -0.415 e. The van der Waals surface area contributed by atoms with Crippen LogP contribution in [-0.2, 0) is 5.75 Å². The molecule has 0 aliphatic rings. The Morgan fingerprint density at radius 1 is 1.20 bits per heavy atom. The van der Waals surface area contributed by atoms with E-state index in [0.717, 1.165) is 11.3 Å². The number of nitrogens with two attached hydrogens (primary N) is 1. The summed E-state index contributed by atoms with van der Waals surface area (Å²) in [7, 11) is 0. The lowest BCUT2D eigenvalue weighted by molar-refractivity contribution is 0.427. The Hall–Kier alpha value is -2.52. The number of anilines is 1. The first-order chi connectivity index (χ1) is 12.2. The van der Waals surface area contributed by atoms with Gasteiger partial charge in [-0.1, -0.05) is 66.0 Å². The minimum absolute atomic E-state index is 0.179. The summed E-state index contributed by atoms with van der Waals surface area (Å²) in [6, 6.07) is 11.3. The SMILES string of the molecule is Nc1cc(=O)[nH]c(SCc2nnc(SC/C=C/c3ccccc3)o2)n1. The highest BCUT2D eigenvalue weighted by molar-refractivity contribution is 7.99. The summed E-state index contributed by atoms with van der Waals surface area (Å²) < 4.78 is 5.55. The zero-order valence-electron chi connectivity index (χ0n) is 13.1. The van der Waals surface area contributed by atoms with Crippen LogP contribution >= 0.6 is 23.5 Å². The lowest BCUT2D eigenvalue weighted by Crippen LogP contribution is -2.09. The van der Waals surface area contributed by atoms with Crippen LogP contribution in [0.25, 0.3) is 6.08 Å². The second-order valence-electron chi connectivity index (χ2n) is 4.85. The average Bonchev–Trinajstić information content (AvgIpc) is 3.05. The number of benzene rings is 1. The number of H-pyrrole nitrogens is 1. The lowest BCUT2D eigenvalue weighted by Gasteiger charge is -1.98. The topological polar surface area (TPSA) is 111 Å². The van der Waals surface area contributed by atoms with E-state index in [1.807, 2.05) is 42.5 Å². The van der Waals surface area contributed by atoms with E-state index in [0.29, 0.717) is 22.0 Å². The molecule has 3 N–H and O–H groups in total. The van der Waals surface area contributed by atoms with Crippen LogP contribution in [0.4, 0.5) is 5.82 Å². The van der Waals surface area contributed by atoms with Crippen molar-refractivity contribution in [2.45, 2.75) is 16.1 Å². The number of nitrogens with zero attached hydrogens (tertiary/aromatic N) is 3. The van der Waals surface area contributed by atoms with E-state index < -0.39 is 0 Å². The molecule has 25 heavy (non-hydrogen) atoms. The summed E-state index contributed by atoms with van der Waals surface area (Å²) in [5.41, 5.74) is 6.39. The molecule has 9 heteroatoms. The first kappa shape index (κ1) is 17.3. The number of aromatic amines is 1. The second-order valence-corrected chi connectivity index (χ2v) is 6.79. The molecular weight excluding hydrogens is 358 g/mol. The zero-order chi connectivity index (χ0) is 17.5. The summed E-state index contributed by atoms with van der Waals surface area (Å²) in [6.07, 6.45) is 4.09. The molecule has 3 aromatic rings. The smallest absolute Gasteiger partial charge is 0.276 e. The third-order valence-electron chi connectivity index (χ3n) is 2.93. The molecule has 0 bridgehead atoms. The van der Waals surface area contributed by atoms with E-state index in [1.54, 1.807) is 0 Å². The molecule has 0 atom stereocenters. The number of thioether (sulfide) groups is 2. The van der Waals surface area contributed by atoms with Gasteiger partial charge in [0, 0.05) is 11.8 Å². The van der Waals surface area contributed by atoms with E-state index in [2.05, 4.69) is 20.2 Å². The van der Waals surface area contributed by atoms with Crippen molar-refractivity contribution in [2.75, 3.05) is 11.5 Å². The summed E-state index contributed by atoms with van der Waals surface area (Å²) in [5.74, 6) is 1.77. The molecule has 0 radical (unpaired) electrons. The molecule has 0 fully saturated rings.